The maximum absolute atomic E-state index is 12.7. The van der Waals surface area contributed by atoms with Gasteiger partial charge in [-0.15, -0.1) is 0 Å². The number of rotatable bonds is 4. The Morgan fingerprint density at radius 3 is 2.62 bits per heavy atom. The number of hydrogen-bond donors (Lipinski definition) is 0. The van der Waals surface area contributed by atoms with Gasteiger partial charge < -0.3 is 14.1 Å². The maximum atomic E-state index is 12.7. The summed E-state index contributed by atoms with van der Waals surface area (Å²) in [7, 11) is 0. The molecule has 0 bridgehead atoms. The van der Waals surface area contributed by atoms with Crippen molar-refractivity contribution in [2.45, 2.75) is 19.6 Å². The van der Waals surface area contributed by atoms with E-state index in [0.29, 0.717) is 35.4 Å². The van der Waals surface area contributed by atoms with Gasteiger partial charge in [0.15, 0.2) is 5.76 Å². The van der Waals surface area contributed by atoms with E-state index >= 15 is 0 Å². The van der Waals surface area contributed by atoms with Crippen LogP contribution >= 0.6 is 11.6 Å². The highest BCUT2D eigenvalue weighted by Gasteiger charge is 2.23. The van der Waals surface area contributed by atoms with Crippen LogP contribution in [-0.4, -0.2) is 17.4 Å². The van der Waals surface area contributed by atoms with Crippen LogP contribution in [-0.2, 0) is 19.6 Å². The number of carbonyl (C=O) groups excluding carboxylic acids is 1. The van der Waals surface area contributed by atoms with E-state index in [1.165, 1.54) is 11.1 Å². The highest BCUT2D eigenvalue weighted by atomic mass is 35.5. The van der Waals surface area contributed by atoms with E-state index in [4.69, 9.17) is 20.8 Å². The molecule has 0 radical (unpaired) electrons. The van der Waals surface area contributed by atoms with Gasteiger partial charge >= 0.3 is 0 Å². The standard InChI is InChI=1S/C21H18ClNO3/c22-17-5-7-18(8-6-17)25-14-19-9-10-20(26-19)21(24)23-12-11-15-3-1-2-4-16(15)13-23/h1-10H,11-14H2. The molecule has 132 valence electrons. The summed E-state index contributed by atoms with van der Waals surface area (Å²) < 4.78 is 11.3. The fourth-order valence-corrected chi connectivity index (χ4v) is 3.21. The first kappa shape index (κ1) is 16.7. The summed E-state index contributed by atoms with van der Waals surface area (Å²) in [6.45, 7) is 1.58. The van der Waals surface area contributed by atoms with E-state index in [1.807, 2.05) is 17.0 Å². The van der Waals surface area contributed by atoms with E-state index in [2.05, 4.69) is 12.1 Å². The molecule has 2 aromatic carbocycles. The minimum absolute atomic E-state index is 0.0859. The molecule has 4 rings (SSSR count). The van der Waals surface area contributed by atoms with Crippen molar-refractivity contribution in [1.29, 1.82) is 0 Å². The van der Waals surface area contributed by atoms with Gasteiger partial charge in [0, 0.05) is 18.1 Å². The maximum Gasteiger partial charge on any atom is 0.289 e. The Kier molecular flexibility index (Phi) is 4.67. The first-order valence-electron chi connectivity index (χ1n) is 8.52. The van der Waals surface area contributed by atoms with Gasteiger partial charge in [0.25, 0.3) is 5.91 Å². The normalized spacial score (nSPS) is 13.3. The van der Waals surface area contributed by atoms with Crippen molar-refractivity contribution in [2.75, 3.05) is 6.54 Å². The molecule has 2 heterocycles. The molecule has 4 nitrogen and oxygen atoms in total. The number of amides is 1. The lowest BCUT2D eigenvalue weighted by Crippen LogP contribution is -2.35. The largest absolute Gasteiger partial charge is 0.486 e. The third kappa shape index (κ3) is 3.60. The van der Waals surface area contributed by atoms with Crippen LogP contribution in [0.25, 0.3) is 0 Å². The predicted octanol–water partition coefficient (Wildman–Crippen LogP) is 4.71. The van der Waals surface area contributed by atoms with Crippen LogP contribution in [0.5, 0.6) is 5.75 Å². The highest BCUT2D eigenvalue weighted by molar-refractivity contribution is 6.30. The Bertz CT molecular complexity index is 917. The molecule has 3 aromatic rings. The fourth-order valence-electron chi connectivity index (χ4n) is 3.08. The van der Waals surface area contributed by atoms with Crippen LogP contribution in [0.2, 0.25) is 5.02 Å². The zero-order chi connectivity index (χ0) is 17.9. The van der Waals surface area contributed by atoms with Gasteiger partial charge in [-0.05, 0) is 53.9 Å². The minimum atomic E-state index is -0.0859. The number of fused-ring (bicyclic) bond motifs is 1. The Labute approximate surface area is 156 Å². The van der Waals surface area contributed by atoms with Crippen molar-refractivity contribution >= 4 is 17.5 Å². The molecular weight excluding hydrogens is 350 g/mol. The molecule has 1 aliphatic rings. The molecule has 0 saturated heterocycles. The molecular formula is C21H18ClNO3. The summed E-state index contributed by atoms with van der Waals surface area (Å²) >= 11 is 5.86. The van der Waals surface area contributed by atoms with E-state index in [0.717, 1.165) is 6.42 Å². The minimum Gasteiger partial charge on any atom is -0.486 e. The first-order valence-corrected chi connectivity index (χ1v) is 8.90. The van der Waals surface area contributed by atoms with E-state index in [9.17, 15) is 4.79 Å². The number of halogens is 1. The molecule has 0 unspecified atom stereocenters. The van der Waals surface area contributed by atoms with Crippen molar-refractivity contribution in [2.24, 2.45) is 0 Å². The second-order valence-electron chi connectivity index (χ2n) is 6.25. The van der Waals surface area contributed by atoms with Crippen molar-refractivity contribution in [3.05, 3.63) is 88.3 Å². The van der Waals surface area contributed by atoms with Gasteiger partial charge in [0.2, 0.25) is 0 Å². The second kappa shape index (κ2) is 7.26. The molecule has 1 aromatic heterocycles. The third-order valence-corrected chi connectivity index (χ3v) is 4.74. The third-order valence-electron chi connectivity index (χ3n) is 4.49. The number of nitrogens with zero attached hydrogens (tertiary/aromatic N) is 1. The van der Waals surface area contributed by atoms with E-state index in [1.54, 1.807) is 36.4 Å². The number of furan rings is 1. The molecule has 26 heavy (non-hydrogen) atoms. The topological polar surface area (TPSA) is 42.7 Å². The molecule has 0 N–H and O–H groups in total. The smallest absolute Gasteiger partial charge is 0.289 e. The second-order valence-corrected chi connectivity index (χ2v) is 6.69. The number of ether oxygens (including phenoxy) is 1. The van der Waals surface area contributed by atoms with E-state index < -0.39 is 0 Å². The van der Waals surface area contributed by atoms with Crippen LogP contribution < -0.4 is 4.74 Å². The van der Waals surface area contributed by atoms with Crippen LogP contribution in [0.15, 0.2) is 65.1 Å². The van der Waals surface area contributed by atoms with Gasteiger partial charge in [-0.2, -0.15) is 0 Å². The first-order chi connectivity index (χ1) is 12.7. The van der Waals surface area contributed by atoms with Gasteiger partial charge in [0.05, 0.1) is 0 Å². The zero-order valence-corrected chi connectivity index (χ0v) is 14.9. The summed E-state index contributed by atoms with van der Waals surface area (Å²) in [5, 5.41) is 0.659. The number of hydrogen-bond acceptors (Lipinski definition) is 3. The van der Waals surface area contributed by atoms with Gasteiger partial charge in [0.1, 0.15) is 18.1 Å². The summed E-state index contributed by atoms with van der Waals surface area (Å²) in [5.74, 6) is 1.57. The average Bonchev–Trinajstić information content (AvgIpc) is 3.15. The molecule has 0 aliphatic carbocycles. The Hall–Kier alpha value is -2.72. The van der Waals surface area contributed by atoms with Gasteiger partial charge in [-0.25, -0.2) is 0 Å². The Morgan fingerprint density at radius 1 is 1.04 bits per heavy atom. The number of benzene rings is 2. The molecule has 0 atom stereocenters. The summed E-state index contributed by atoms with van der Waals surface area (Å²) in [5.41, 5.74) is 2.51. The molecule has 5 heteroatoms. The van der Waals surface area contributed by atoms with Crippen LogP contribution in [0, 0.1) is 0 Å². The van der Waals surface area contributed by atoms with Crippen molar-refractivity contribution in [3.8, 4) is 5.75 Å². The Morgan fingerprint density at radius 2 is 1.81 bits per heavy atom. The lowest BCUT2D eigenvalue weighted by atomic mass is 10.00. The lowest BCUT2D eigenvalue weighted by Gasteiger charge is -2.28. The van der Waals surface area contributed by atoms with Gasteiger partial charge in [-0.1, -0.05) is 35.9 Å². The molecule has 0 fully saturated rings. The van der Waals surface area contributed by atoms with Gasteiger partial charge in [-0.3, -0.25) is 4.79 Å². The summed E-state index contributed by atoms with van der Waals surface area (Å²) in [6.07, 6.45) is 0.870. The van der Waals surface area contributed by atoms with E-state index in [-0.39, 0.29) is 12.5 Å². The zero-order valence-electron chi connectivity index (χ0n) is 14.2. The average molecular weight is 368 g/mol. The predicted molar refractivity (Wildman–Crippen MR) is 99.4 cm³/mol. The van der Waals surface area contributed by atoms with Crippen molar-refractivity contribution in [3.63, 3.8) is 0 Å². The van der Waals surface area contributed by atoms with Crippen LogP contribution in [0.3, 0.4) is 0 Å². The molecule has 0 spiro atoms. The van der Waals surface area contributed by atoms with Crippen molar-refractivity contribution < 1.29 is 13.9 Å². The monoisotopic (exact) mass is 367 g/mol. The van der Waals surface area contributed by atoms with Crippen LogP contribution in [0.4, 0.5) is 0 Å². The highest BCUT2D eigenvalue weighted by Crippen LogP contribution is 2.22. The molecule has 1 aliphatic heterocycles. The SMILES string of the molecule is O=C(c1ccc(COc2ccc(Cl)cc2)o1)N1CCc2ccccc2C1. The van der Waals surface area contributed by atoms with Crippen LogP contribution in [0.1, 0.15) is 27.4 Å². The Balaban J connectivity index is 1.39. The summed E-state index contributed by atoms with van der Waals surface area (Å²) in [4.78, 5) is 14.5. The number of carbonyl (C=O) groups is 1. The molecule has 1 amide bonds. The quantitative estimate of drug-likeness (QED) is 0.670. The fraction of sp³-hybridized carbons (Fsp3) is 0.190. The molecule has 0 saturated carbocycles. The lowest BCUT2D eigenvalue weighted by molar-refractivity contribution is 0.0698. The van der Waals surface area contributed by atoms with Crippen molar-refractivity contribution in [1.82, 2.24) is 4.90 Å². The summed E-state index contributed by atoms with van der Waals surface area (Å²) in [6, 6.07) is 18.8.